The Labute approximate surface area is 91.5 Å². The third-order valence-electron chi connectivity index (χ3n) is 2.71. The molecule has 1 aliphatic carbocycles. The van der Waals surface area contributed by atoms with E-state index in [-0.39, 0.29) is 12.6 Å². The Balaban J connectivity index is 2.05. The zero-order valence-electron chi connectivity index (χ0n) is 8.54. The molecule has 82 valence electrons. The number of aliphatic hydroxyl groups excluding tert-OH is 1. The highest BCUT2D eigenvalue weighted by molar-refractivity contribution is 5.73. The van der Waals surface area contributed by atoms with Crippen molar-refractivity contribution in [3.05, 3.63) is 18.1 Å². The topological polar surface area (TPSA) is 89.8 Å². The molecule has 2 aromatic rings. The molecule has 1 saturated carbocycles. The molecular formula is C10H11N5O. The van der Waals surface area contributed by atoms with Crippen molar-refractivity contribution < 1.29 is 5.11 Å². The van der Waals surface area contributed by atoms with Gasteiger partial charge in [0.05, 0.1) is 6.20 Å². The van der Waals surface area contributed by atoms with Crippen molar-refractivity contribution in [2.45, 2.75) is 6.42 Å². The van der Waals surface area contributed by atoms with Gasteiger partial charge in [0.15, 0.2) is 5.65 Å². The van der Waals surface area contributed by atoms with Crippen molar-refractivity contribution in [2.24, 2.45) is 5.92 Å². The van der Waals surface area contributed by atoms with Crippen molar-refractivity contribution in [1.82, 2.24) is 19.5 Å². The summed E-state index contributed by atoms with van der Waals surface area (Å²) in [7, 11) is 0. The van der Waals surface area contributed by atoms with Crippen LogP contribution in [0, 0.1) is 5.92 Å². The average molecular weight is 217 g/mol. The number of nitrogen functional groups attached to an aromatic ring is 1. The predicted molar refractivity (Wildman–Crippen MR) is 59.2 cm³/mol. The van der Waals surface area contributed by atoms with Gasteiger partial charge in [-0.15, -0.1) is 0 Å². The maximum Gasteiger partial charge on any atom is 0.222 e. The summed E-state index contributed by atoms with van der Waals surface area (Å²) >= 11 is 0. The van der Waals surface area contributed by atoms with Crippen LogP contribution in [0.3, 0.4) is 0 Å². The molecule has 1 atom stereocenters. The van der Waals surface area contributed by atoms with Crippen LogP contribution in [0.2, 0.25) is 0 Å². The molecule has 1 unspecified atom stereocenters. The van der Waals surface area contributed by atoms with Gasteiger partial charge in [-0.2, -0.15) is 4.98 Å². The van der Waals surface area contributed by atoms with Crippen LogP contribution < -0.4 is 5.73 Å². The van der Waals surface area contributed by atoms with Gasteiger partial charge in [0.25, 0.3) is 0 Å². The molecule has 6 heteroatoms. The van der Waals surface area contributed by atoms with Crippen molar-refractivity contribution in [2.75, 3.05) is 12.3 Å². The predicted octanol–water partition coefficient (Wildman–Crippen LogP) is 0.262. The summed E-state index contributed by atoms with van der Waals surface area (Å²) in [5.74, 6) is 0.541. The lowest BCUT2D eigenvalue weighted by Crippen LogP contribution is -1.96. The summed E-state index contributed by atoms with van der Waals surface area (Å²) < 4.78 is 1.82. The normalized spacial score (nSPS) is 21.8. The highest BCUT2D eigenvalue weighted by Gasteiger charge is 2.28. The SMILES string of the molecule is Nc1ncc2ncn(/C=C3/CC3CO)c2n1. The van der Waals surface area contributed by atoms with Gasteiger partial charge in [-0.25, -0.2) is 9.97 Å². The highest BCUT2D eigenvalue weighted by Crippen LogP contribution is 2.37. The number of nitrogens with zero attached hydrogens (tertiary/aromatic N) is 4. The van der Waals surface area contributed by atoms with E-state index in [4.69, 9.17) is 10.8 Å². The first kappa shape index (κ1) is 9.29. The first-order valence-electron chi connectivity index (χ1n) is 5.04. The van der Waals surface area contributed by atoms with Crippen molar-refractivity contribution in [3.8, 4) is 0 Å². The van der Waals surface area contributed by atoms with Crippen LogP contribution in [-0.2, 0) is 0 Å². The van der Waals surface area contributed by atoms with Gasteiger partial charge < -0.3 is 10.8 Å². The molecule has 3 rings (SSSR count). The number of nitrogens with two attached hydrogens (primary N) is 1. The number of aliphatic hydroxyl groups is 1. The fraction of sp³-hybridized carbons (Fsp3) is 0.300. The third-order valence-corrected chi connectivity index (χ3v) is 2.71. The standard InChI is InChI=1S/C10H11N5O/c11-10-12-2-8-9(14-10)15(5-13-8)3-6-1-7(6)4-16/h2-3,5,7,16H,1,4H2,(H2,11,12,14)/b6-3-. The maximum atomic E-state index is 8.95. The molecule has 0 spiro atoms. The second-order valence-electron chi connectivity index (χ2n) is 3.88. The van der Waals surface area contributed by atoms with E-state index in [0.29, 0.717) is 17.1 Å². The van der Waals surface area contributed by atoms with Crippen molar-refractivity contribution in [3.63, 3.8) is 0 Å². The van der Waals surface area contributed by atoms with E-state index in [0.717, 1.165) is 6.42 Å². The molecule has 16 heavy (non-hydrogen) atoms. The molecule has 0 saturated heterocycles. The van der Waals surface area contributed by atoms with Gasteiger partial charge in [0, 0.05) is 18.7 Å². The van der Waals surface area contributed by atoms with Crippen LogP contribution in [0.15, 0.2) is 18.1 Å². The highest BCUT2D eigenvalue weighted by atomic mass is 16.3. The van der Waals surface area contributed by atoms with Gasteiger partial charge in [0.2, 0.25) is 5.95 Å². The minimum Gasteiger partial charge on any atom is -0.396 e. The van der Waals surface area contributed by atoms with Gasteiger partial charge in [0.1, 0.15) is 11.8 Å². The van der Waals surface area contributed by atoms with Gasteiger partial charge >= 0.3 is 0 Å². The molecular weight excluding hydrogens is 206 g/mol. The summed E-state index contributed by atoms with van der Waals surface area (Å²) in [6.45, 7) is 0.204. The molecule has 1 fully saturated rings. The lowest BCUT2D eigenvalue weighted by Gasteiger charge is -1.95. The zero-order chi connectivity index (χ0) is 11.1. The Hall–Kier alpha value is -1.95. The number of hydrogen-bond acceptors (Lipinski definition) is 5. The zero-order valence-corrected chi connectivity index (χ0v) is 8.54. The Bertz CT molecular complexity index is 574. The largest absolute Gasteiger partial charge is 0.396 e. The smallest absolute Gasteiger partial charge is 0.222 e. The molecule has 6 nitrogen and oxygen atoms in total. The number of aromatic nitrogens is 4. The summed E-state index contributed by atoms with van der Waals surface area (Å²) in [5, 5.41) is 8.95. The molecule has 0 aromatic carbocycles. The molecule has 0 aliphatic heterocycles. The molecule has 1 aliphatic rings. The second-order valence-corrected chi connectivity index (χ2v) is 3.88. The quantitative estimate of drug-likeness (QED) is 0.753. The van der Waals surface area contributed by atoms with Crippen molar-refractivity contribution in [1.29, 1.82) is 0 Å². The summed E-state index contributed by atoms with van der Waals surface area (Å²) in [6, 6.07) is 0. The van der Waals surface area contributed by atoms with Crippen molar-refractivity contribution >= 4 is 23.3 Å². The molecule has 0 bridgehead atoms. The Kier molecular flexibility index (Phi) is 1.90. The number of imidazole rings is 1. The van der Waals surface area contributed by atoms with Crippen LogP contribution in [-0.4, -0.2) is 31.2 Å². The lowest BCUT2D eigenvalue weighted by atomic mass is 10.4. The minimum atomic E-state index is 0.204. The number of hydrogen-bond donors (Lipinski definition) is 2. The van der Waals surface area contributed by atoms with E-state index in [1.165, 1.54) is 5.57 Å². The van der Waals surface area contributed by atoms with Gasteiger partial charge in [-0.3, -0.25) is 4.57 Å². The van der Waals surface area contributed by atoms with Crippen LogP contribution >= 0.6 is 0 Å². The lowest BCUT2D eigenvalue weighted by molar-refractivity contribution is 0.281. The Morgan fingerprint density at radius 3 is 3.19 bits per heavy atom. The summed E-state index contributed by atoms with van der Waals surface area (Å²) in [6.07, 6.45) is 6.17. The summed E-state index contributed by atoms with van der Waals surface area (Å²) in [4.78, 5) is 12.2. The van der Waals surface area contributed by atoms with Crippen LogP contribution in [0.25, 0.3) is 17.4 Å². The molecule has 0 amide bonds. The van der Waals surface area contributed by atoms with Crippen LogP contribution in [0.4, 0.5) is 5.95 Å². The molecule has 0 radical (unpaired) electrons. The second kappa shape index (κ2) is 3.28. The van der Waals surface area contributed by atoms with Gasteiger partial charge in [-0.05, 0) is 12.0 Å². The maximum absolute atomic E-state index is 8.95. The fourth-order valence-electron chi connectivity index (χ4n) is 1.68. The van der Waals surface area contributed by atoms with Crippen LogP contribution in [0.1, 0.15) is 6.42 Å². The monoisotopic (exact) mass is 217 g/mol. The minimum absolute atomic E-state index is 0.204. The number of rotatable bonds is 2. The molecule has 3 N–H and O–H groups in total. The van der Waals surface area contributed by atoms with Gasteiger partial charge in [-0.1, -0.05) is 0 Å². The Morgan fingerprint density at radius 1 is 1.56 bits per heavy atom. The number of fused-ring (bicyclic) bond motifs is 1. The van der Waals surface area contributed by atoms with E-state index >= 15 is 0 Å². The average Bonchev–Trinajstić information content (AvgIpc) is 2.93. The van der Waals surface area contributed by atoms with E-state index in [1.54, 1.807) is 12.5 Å². The Morgan fingerprint density at radius 2 is 2.44 bits per heavy atom. The third kappa shape index (κ3) is 1.43. The molecule has 2 heterocycles. The van der Waals surface area contributed by atoms with E-state index in [1.807, 2.05) is 10.8 Å². The van der Waals surface area contributed by atoms with E-state index < -0.39 is 0 Å². The molecule has 2 aromatic heterocycles. The van der Waals surface area contributed by atoms with E-state index in [9.17, 15) is 0 Å². The fourth-order valence-corrected chi connectivity index (χ4v) is 1.68. The van der Waals surface area contributed by atoms with Crippen LogP contribution in [0.5, 0.6) is 0 Å². The first-order valence-corrected chi connectivity index (χ1v) is 5.04. The van der Waals surface area contributed by atoms with E-state index in [2.05, 4.69) is 15.0 Å². The number of anilines is 1. The first-order chi connectivity index (χ1) is 7.78. The summed E-state index contributed by atoms with van der Waals surface area (Å²) in [5.41, 5.74) is 8.15.